The van der Waals surface area contributed by atoms with Crippen molar-refractivity contribution in [3.63, 3.8) is 0 Å². The summed E-state index contributed by atoms with van der Waals surface area (Å²) in [7, 11) is 0. The molecule has 7 heteroatoms. The maximum Gasteiger partial charge on any atom is 0.226 e. The highest BCUT2D eigenvalue weighted by atomic mass is 35.5. The molecule has 1 N–H and O–H groups in total. The highest BCUT2D eigenvalue weighted by Gasteiger charge is 2.32. The number of carbonyl (C=O) groups excluding carboxylic acids is 1. The highest BCUT2D eigenvalue weighted by Crippen LogP contribution is 2.38. The minimum Gasteiger partial charge on any atom is -0.360 e. The number of rotatable bonds is 4. The van der Waals surface area contributed by atoms with E-state index < -0.39 is 0 Å². The normalized spacial score (nSPS) is 16.6. The standard InChI is InChI=1S/C19H19ClN4O2/c1-11(2)16-8-17(26-23-16)13-7-18(25)22-19-14(13)9-21-24(19)10-12-5-3-4-6-15(12)20/h3-6,8-9,11,13H,7,10H2,1-2H3,(H,22,25). The highest BCUT2D eigenvalue weighted by molar-refractivity contribution is 6.31. The van der Waals surface area contributed by atoms with E-state index in [1.165, 1.54) is 0 Å². The van der Waals surface area contributed by atoms with E-state index in [2.05, 4.69) is 29.4 Å². The first-order chi connectivity index (χ1) is 12.5. The molecule has 6 nitrogen and oxygen atoms in total. The van der Waals surface area contributed by atoms with E-state index in [1.54, 1.807) is 10.9 Å². The van der Waals surface area contributed by atoms with Gasteiger partial charge in [0.25, 0.3) is 0 Å². The first kappa shape index (κ1) is 16.8. The maximum absolute atomic E-state index is 12.3. The van der Waals surface area contributed by atoms with Gasteiger partial charge in [0.15, 0.2) is 0 Å². The van der Waals surface area contributed by atoms with Gasteiger partial charge < -0.3 is 9.84 Å². The van der Waals surface area contributed by atoms with Crippen LogP contribution in [0.25, 0.3) is 0 Å². The second-order valence-electron chi connectivity index (χ2n) is 6.81. The number of nitrogens with zero attached hydrogens (tertiary/aromatic N) is 3. The first-order valence-corrected chi connectivity index (χ1v) is 8.96. The summed E-state index contributed by atoms with van der Waals surface area (Å²) in [6, 6.07) is 9.54. The average Bonchev–Trinajstić information content (AvgIpc) is 3.24. The molecule has 0 bridgehead atoms. The molecule has 3 heterocycles. The summed E-state index contributed by atoms with van der Waals surface area (Å²) >= 11 is 6.26. The molecule has 0 fully saturated rings. The van der Waals surface area contributed by atoms with Crippen LogP contribution in [0.15, 0.2) is 41.1 Å². The van der Waals surface area contributed by atoms with E-state index in [9.17, 15) is 4.79 Å². The number of hydrogen-bond acceptors (Lipinski definition) is 4. The Labute approximate surface area is 156 Å². The number of anilines is 1. The van der Waals surface area contributed by atoms with Crippen molar-refractivity contribution in [3.8, 4) is 0 Å². The zero-order valence-electron chi connectivity index (χ0n) is 14.6. The number of hydrogen-bond donors (Lipinski definition) is 1. The van der Waals surface area contributed by atoms with Gasteiger partial charge in [-0.15, -0.1) is 0 Å². The van der Waals surface area contributed by atoms with Gasteiger partial charge in [-0.05, 0) is 17.5 Å². The molecule has 0 saturated heterocycles. The van der Waals surface area contributed by atoms with Gasteiger partial charge in [-0.1, -0.05) is 48.8 Å². The van der Waals surface area contributed by atoms with Gasteiger partial charge in [0.1, 0.15) is 11.6 Å². The van der Waals surface area contributed by atoms with E-state index in [0.29, 0.717) is 29.6 Å². The molecule has 4 rings (SSSR count). The summed E-state index contributed by atoms with van der Waals surface area (Å²) in [5, 5.41) is 12.2. The lowest BCUT2D eigenvalue weighted by molar-refractivity contribution is -0.116. The topological polar surface area (TPSA) is 73.0 Å². The molecule has 1 aliphatic heterocycles. The van der Waals surface area contributed by atoms with Gasteiger partial charge in [0, 0.05) is 23.1 Å². The van der Waals surface area contributed by atoms with Crippen molar-refractivity contribution in [2.24, 2.45) is 0 Å². The quantitative estimate of drug-likeness (QED) is 0.748. The molecule has 2 aromatic heterocycles. The molecule has 0 spiro atoms. The lowest BCUT2D eigenvalue weighted by Crippen LogP contribution is -2.24. The minimum absolute atomic E-state index is 0.0640. The van der Waals surface area contributed by atoms with E-state index in [4.69, 9.17) is 16.1 Å². The van der Waals surface area contributed by atoms with Crippen LogP contribution < -0.4 is 5.32 Å². The van der Waals surface area contributed by atoms with Crippen molar-refractivity contribution in [2.75, 3.05) is 5.32 Å². The third-order valence-corrected chi connectivity index (χ3v) is 5.02. The van der Waals surface area contributed by atoms with Crippen molar-refractivity contribution in [3.05, 3.63) is 64.1 Å². The number of benzene rings is 1. The van der Waals surface area contributed by atoms with Crippen LogP contribution in [0.5, 0.6) is 0 Å². The molecule has 1 aromatic carbocycles. The number of halogens is 1. The molecule has 1 amide bonds. The summed E-state index contributed by atoms with van der Waals surface area (Å²) in [6.07, 6.45) is 2.10. The van der Waals surface area contributed by atoms with Gasteiger partial charge in [0.05, 0.1) is 24.4 Å². The lowest BCUT2D eigenvalue weighted by Gasteiger charge is -2.21. The van der Waals surface area contributed by atoms with Crippen LogP contribution in [-0.4, -0.2) is 20.8 Å². The van der Waals surface area contributed by atoms with Gasteiger partial charge >= 0.3 is 0 Å². The SMILES string of the molecule is CC(C)c1cc(C2CC(=O)Nc3c2cnn3Cc2ccccc2Cl)on1. The number of fused-ring (bicyclic) bond motifs is 1. The van der Waals surface area contributed by atoms with Crippen LogP contribution in [-0.2, 0) is 11.3 Å². The molecule has 1 atom stereocenters. The first-order valence-electron chi connectivity index (χ1n) is 8.58. The third kappa shape index (κ3) is 3.01. The van der Waals surface area contributed by atoms with Crippen LogP contribution >= 0.6 is 11.6 Å². The minimum atomic E-state index is -0.182. The Morgan fingerprint density at radius 1 is 1.38 bits per heavy atom. The number of amides is 1. The molecule has 0 aliphatic carbocycles. The molecule has 134 valence electrons. The Kier molecular flexibility index (Phi) is 4.28. The number of carbonyl (C=O) groups is 1. The predicted molar refractivity (Wildman–Crippen MR) is 98.5 cm³/mol. The van der Waals surface area contributed by atoms with Crippen molar-refractivity contribution in [2.45, 2.75) is 38.6 Å². The van der Waals surface area contributed by atoms with Gasteiger partial charge in [-0.2, -0.15) is 5.10 Å². The Morgan fingerprint density at radius 3 is 2.92 bits per heavy atom. The van der Waals surface area contributed by atoms with Gasteiger partial charge in [0.2, 0.25) is 5.91 Å². The molecule has 1 unspecified atom stereocenters. The monoisotopic (exact) mass is 370 g/mol. The Morgan fingerprint density at radius 2 is 2.19 bits per heavy atom. The van der Waals surface area contributed by atoms with Crippen molar-refractivity contribution in [1.82, 2.24) is 14.9 Å². The van der Waals surface area contributed by atoms with Crippen LogP contribution in [0.2, 0.25) is 5.02 Å². The Balaban J connectivity index is 1.69. The fourth-order valence-corrected chi connectivity index (χ4v) is 3.37. The number of nitrogens with one attached hydrogen (secondary N) is 1. The molecular formula is C19H19ClN4O2. The second kappa shape index (κ2) is 6.61. The van der Waals surface area contributed by atoms with E-state index in [-0.39, 0.29) is 17.7 Å². The molecule has 0 radical (unpaired) electrons. The molecule has 26 heavy (non-hydrogen) atoms. The number of aromatic nitrogens is 3. The third-order valence-electron chi connectivity index (χ3n) is 4.65. The van der Waals surface area contributed by atoms with Crippen molar-refractivity contribution >= 4 is 23.3 Å². The fourth-order valence-electron chi connectivity index (χ4n) is 3.17. The zero-order valence-corrected chi connectivity index (χ0v) is 15.3. The van der Waals surface area contributed by atoms with E-state index in [1.807, 2.05) is 30.3 Å². The van der Waals surface area contributed by atoms with E-state index in [0.717, 1.165) is 16.8 Å². The van der Waals surface area contributed by atoms with Crippen LogP contribution in [0, 0.1) is 0 Å². The molecule has 0 saturated carbocycles. The molecular weight excluding hydrogens is 352 g/mol. The predicted octanol–water partition coefficient (Wildman–Crippen LogP) is 4.17. The fraction of sp³-hybridized carbons (Fsp3) is 0.316. The van der Waals surface area contributed by atoms with Gasteiger partial charge in [-0.3, -0.25) is 4.79 Å². The lowest BCUT2D eigenvalue weighted by atomic mass is 9.91. The summed E-state index contributed by atoms with van der Waals surface area (Å²) in [5.41, 5.74) is 2.76. The Bertz CT molecular complexity index is 960. The van der Waals surface area contributed by atoms with Crippen LogP contribution in [0.3, 0.4) is 0 Å². The Hall–Kier alpha value is -2.60. The zero-order chi connectivity index (χ0) is 18.3. The van der Waals surface area contributed by atoms with Crippen LogP contribution in [0.1, 0.15) is 54.7 Å². The van der Waals surface area contributed by atoms with E-state index >= 15 is 0 Å². The average molecular weight is 371 g/mol. The molecule has 3 aromatic rings. The summed E-state index contributed by atoms with van der Waals surface area (Å²) < 4.78 is 7.29. The summed E-state index contributed by atoms with van der Waals surface area (Å²) in [6.45, 7) is 4.60. The van der Waals surface area contributed by atoms with Crippen molar-refractivity contribution in [1.29, 1.82) is 0 Å². The largest absolute Gasteiger partial charge is 0.360 e. The molecule has 1 aliphatic rings. The summed E-state index contributed by atoms with van der Waals surface area (Å²) in [4.78, 5) is 12.3. The summed E-state index contributed by atoms with van der Waals surface area (Å²) in [5.74, 6) is 1.41. The van der Waals surface area contributed by atoms with Gasteiger partial charge in [-0.25, -0.2) is 4.68 Å². The second-order valence-corrected chi connectivity index (χ2v) is 7.22. The van der Waals surface area contributed by atoms with Crippen LogP contribution in [0.4, 0.5) is 5.82 Å². The maximum atomic E-state index is 12.3. The smallest absolute Gasteiger partial charge is 0.226 e. The van der Waals surface area contributed by atoms with Crippen molar-refractivity contribution < 1.29 is 9.32 Å².